The largest absolute Gasteiger partial charge is 0.494 e. The molecule has 10 nitrogen and oxygen atoms in total. The van der Waals surface area contributed by atoms with Crippen molar-refractivity contribution in [3.63, 3.8) is 0 Å². The number of aromatic nitrogens is 6. The number of fused-ring (bicyclic) bond motifs is 4. The summed E-state index contributed by atoms with van der Waals surface area (Å²) in [5.41, 5.74) is 10.9. The molecular formula is C40H39Cl2N7O3. The highest BCUT2D eigenvalue weighted by Crippen LogP contribution is 2.46. The number of para-hydroxylation sites is 1. The number of ether oxygens (including phenoxy) is 1. The van der Waals surface area contributed by atoms with E-state index in [1.54, 1.807) is 0 Å². The Morgan fingerprint density at radius 3 is 2.44 bits per heavy atom. The van der Waals surface area contributed by atoms with Gasteiger partial charge >= 0.3 is 0 Å². The highest BCUT2D eigenvalue weighted by atomic mass is 35.5. The molecular weight excluding hydrogens is 697 g/mol. The highest BCUT2D eigenvalue weighted by Gasteiger charge is 2.37. The van der Waals surface area contributed by atoms with Crippen LogP contribution in [0.25, 0.3) is 44.5 Å². The van der Waals surface area contributed by atoms with Crippen LogP contribution in [0.5, 0.6) is 5.75 Å². The van der Waals surface area contributed by atoms with Crippen molar-refractivity contribution in [2.75, 3.05) is 18.1 Å². The number of hydrogen-bond acceptors (Lipinski definition) is 6. The lowest BCUT2D eigenvalue weighted by molar-refractivity contribution is 0.0957. The Hall–Kier alpha value is -5.06. The van der Waals surface area contributed by atoms with Gasteiger partial charge in [0.2, 0.25) is 6.39 Å². The van der Waals surface area contributed by atoms with Gasteiger partial charge in [0.1, 0.15) is 17.1 Å². The van der Waals surface area contributed by atoms with Crippen LogP contribution in [0.15, 0.2) is 59.3 Å². The topological polar surface area (TPSA) is 96.1 Å². The standard InChI is InChI=1S/C40H39Cl2N7O3/c1-21-16-27(17-22(2)35(21)42)51-15-9-11-28-29-13-14-30(41)34(33-24(4)45-47(7)25(33)5)37(29)49-23(3)19-48(40(50)38(28)49)31-12-8-10-26-18-32(46(6)36(26)31)39-44-43-20-52-39/h8,10,12-14,16-18,20,23H,9,11,15,19H2,1-7H3/t23-/m1/s1. The van der Waals surface area contributed by atoms with Gasteiger partial charge in [0.05, 0.1) is 34.0 Å². The minimum absolute atomic E-state index is 0.0658. The summed E-state index contributed by atoms with van der Waals surface area (Å²) < 4.78 is 17.9. The Bertz CT molecular complexity index is 2520. The first kappa shape index (κ1) is 34.0. The smallest absolute Gasteiger partial charge is 0.275 e. The summed E-state index contributed by atoms with van der Waals surface area (Å²) in [6.45, 7) is 11.1. The van der Waals surface area contributed by atoms with Crippen molar-refractivity contribution in [1.29, 1.82) is 0 Å². The summed E-state index contributed by atoms with van der Waals surface area (Å²) in [7, 11) is 3.91. The molecule has 1 aliphatic rings. The summed E-state index contributed by atoms with van der Waals surface area (Å²) >= 11 is 13.5. The molecule has 1 aliphatic heterocycles. The van der Waals surface area contributed by atoms with E-state index in [1.165, 1.54) is 6.39 Å². The van der Waals surface area contributed by atoms with Gasteiger partial charge in [-0.2, -0.15) is 5.10 Å². The van der Waals surface area contributed by atoms with E-state index in [0.29, 0.717) is 42.6 Å². The van der Waals surface area contributed by atoms with Gasteiger partial charge in [0, 0.05) is 59.3 Å². The van der Waals surface area contributed by atoms with E-state index in [0.717, 1.165) is 83.2 Å². The third-order valence-electron chi connectivity index (χ3n) is 10.5. The third kappa shape index (κ3) is 5.30. The molecule has 7 aromatic rings. The monoisotopic (exact) mass is 735 g/mol. The van der Waals surface area contributed by atoms with E-state index in [2.05, 4.69) is 34.7 Å². The van der Waals surface area contributed by atoms with Crippen molar-refractivity contribution in [2.24, 2.45) is 14.1 Å². The lowest BCUT2D eigenvalue weighted by atomic mass is 9.98. The summed E-state index contributed by atoms with van der Waals surface area (Å²) in [5.74, 6) is 1.14. The molecule has 0 aliphatic carbocycles. The van der Waals surface area contributed by atoms with Gasteiger partial charge in [-0.3, -0.25) is 9.48 Å². The number of carbonyl (C=O) groups excluding carboxylic acids is 1. The molecule has 8 rings (SSSR count). The Kier molecular flexibility index (Phi) is 8.42. The van der Waals surface area contributed by atoms with E-state index in [1.807, 2.05) is 91.5 Å². The van der Waals surface area contributed by atoms with Crippen LogP contribution in [0.2, 0.25) is 10.0 Å². The lowest BCUT2D eigenvalue weighted by Crippen LogP contribution is -2.43. The van der Waals surface area contributed by atoms with E-state index in [9.17, 15) is 0 Å². The van der Waals surface area contributed by atoms with Crippen molar-refractivity contribution in [1.82, 2.24) is 29.1 Å². The average Bonchev–Trinajstić information content (AvgIpc) is 3.89. The van der Waals surface area contributed by atoms with Gasteiger partial charge in [-0.05, 0) is 94.5 Å². The average molecular weight is 737 g/mol. The van der Waals surface area contributed by atoms with Crippen molar-refractivity contribution in [3.05, 3.63) is 98.7 Å². The van der Waals surface area contributed by atoms with Crippen LogP contribution in [0.1, 0.15) is 58.0 Å². The van der Waals surface area contributed by atoms with Crippen molar-refractivity contribution in [2.45, 2.75) is 53.5 Å². The van der Waals surface area contributed by atoms with E-state index in [4.69, 9.17) is 37.5 Å². The molecule has 0 saturated heterocycles. The zero-order valence-electron chi connectivity index (χ0n) is 30.2. The van der Waals surface area contributed by atoms with E-state index < -0.39 is 0 Å². The first-order valence-corrected chi connectivity index (χ1v) is 18.1. The van der Waals surface area contributed by atoms with Crippen molar-refractivity contribution < 1.29 is 13.9 Å². The second kappa shape index (κ2) is 12.9. The third-order valence-corrected chi connectivity index (χ3v) is 11.4. The molecule has 0 spiro atoms. The predicted octanol–water partition coefficient (Wildman–Crippen LogP) is 9.36. The minimum Gasteiger partial charge on any atom is -0.494 e. The molecule has 0 radical (unpaired) electrons. The maximum absolute atomic E-state index is 15.1. The number of nitrogens with zero attached hydrogens (tertiary/aromatic N) is 7. The van der Waals surface area contributed by atoms with Crippen LogP contribution in [0.3, 0.4) is 0 Å². The van der Waals surface area contributed by atoms with Crippen molar-refractivity contribution in [3.8, 4) is 28.5 Å². The SMILES string of the molecule is Cc1cc(OCCCc2c3n(c4c(-c5c(C)nn(C)c5C)c(Cl)ccc24)[C@H](C)CN(c2cccc4cc(-c5nnco5)n(C)c24)C3=O)cc(C)c1Cl. The number of aryl methyl sites for hydroxylation is 6. The van der Waals surface area contributed by atoms with E-state index in [-0.39, 0.29) is 11.9 Å². The van der Waals surface area contributed by atoms with Gasteiger partial charge in [0.15, 0.2) is 0 Å². The quantitative estimate of drug-likeness (QED) is 0.144. The molecule has 0 bridgehead atoms. The first-order valence-electron chi connectivity index (χ1n) is 17.4. The number of hydrogen-bond donors (Lipinski definition) is 0. The highest BCUT2D eigenvalue weighted by molar-refractivity contribution is 6.35. The summed E-state index contributed by atoms with van der Waals surface area (Å²) in [6.07, 6.45) is 2.64. The Labute approximate surface area is 311 Å². The number of amides is 1. The predicted molar refractivity (Wildman–Crippen MR) is 206 cm³/mol. The molecule has 52 heavy (non-hydrogen) atoms. The molecule has 12 heteroatoms. The molecule has 3 aromatic carbocycles. The van der Waals surface area contributed by atoms with Crippen LogP contribution in [0, 0.1) is 27.7 Å². The van der Waals surface area contributed by atoms with Crippen LogP contribution in [0.4, 0.5) is 5.69 Å². The van der Waals surface area contributed by atoms with E-state index >= 15 is 4.79 Å². The van der Waals surface area contributed by atoms with Crippen molar-refractivity contribution >= 4 is 56.6 Å². The molecule has 0 saturated carbocycles. The maximum atomic E-state index is 15.1. The second-order valence-electron chi connectivity index (χ2n) is 13.8. The molecule has 1 amide bonds. The summed E-state index contributed by atoms with van der Waals surface area (Å²) in [6, 6.07) is 15.9. The first-order chi connectivity index (χ1) is 25.0. The van der Waals surface area contributed by atoms with Crippen LogP contribution < -0.4 is 9.64 Å². The zero-order valence-corrected chi connectivity index (χ0v) is 31.7. The summed E-state index contributed by atoms with van der Waals surface area (Å²) in [5, 5.41) is 16.1. The molecule has 0 fully saturated rings. The normalized spacial score (nSPS) is 14.6. The fourth-order valence-corrected chi connectivity index (χ4v) is 8.40. The molecule has 0 unspecified atom stereocenters. The van der Waals surface area contributed by atoms with Crippen LogP contribution in [-0.2, 0) is 20.5 Å². The molecule has 4 aromatic heterocycles. The number of halogens is 2. The summed E-state index contributed by atoms with van der Waals surface area (Å²) in [4.78, 5) is 17.1. The molecule has 266 valence electrons. The number of benzene rings is 3. The molecule has 1 atom stereocenters. The lowest BCUT2D eigenvalue weighted by Gasteiger charge is -2.35. The van der Waals surface area contributed by atoms with Gasteiger partial charge in [-0.25, -0.2) is 0 Å². The van der Waals surface area contributed by atoms with Gasteiger partial charge < -0.3 is 23.2 Å². The Morgan fingerprint density at radius 1 is 0.981 bits per heavy atom. The van der Waals surface area contributed by atoms with Crippen LogP contribution >= 0.6 is 23.2 Å². The fourth-order valence-electron chi connectivity index (χ4n) is 8.04. The molecule has 0 N–H and O–H groups in total. The number of carbonyl (C=O) groups is 1. The fraction of sp³-hybridized carbons (Fsp3) is 0.300. The van der Waals surface area contributed by atoms with Gasteiger partial charge in [-0.1, -0.05) is 41.4 Å². The second-order valence-corrected chi connectivity index (χ2v) is 14.6. The Morgan fingerprint density at radius 2 is 1.75 bits per heavy atom. The Balaban J connectivity index is 1.27. The maximum Gasteiger partial charge on any atom is 0.275 e. The molecule has 5 heterocycles. The number of anilines is 1. The van der Waals surface area contributed by atoms with Gasteiger partial charge in [0.25, 0.3) is 11.8 Å². The van der Waals surface area contributed by atoms with Crippen LogP contribution in [-0.4, -0.2) is 48.2 Å². The zero-order chi connectivity index (χ0) is 36.6. The minimum atomic E-state index is -0.0827. The number of rotatable bonds is 8. The van der Waals surface area contributed by atoms with Gasteiger partial charge in [-0.15, -0.1) is 10.2 Å².